The lowest BCUT2D eigenvalue weighted by Crippen LogP contribution is -2.10. The Balaban J connectivity index is 2.20. The van der Waals surface area contributed by atoms with Crippen LogP contribution >= 0.6 is 0 Å². The van der Waals surface area contributed by atoms with Crippen LogP contribution in [0, 0.1) is 13.8 Å². The van der Waals surface area contributed by atoms with Crippen LogP contribution in [0.3, 0.4) is 0 Å². The molecule has 0 aliphatic rings. The molecule has 0 aliphatic heterocycles. The lowest BCUT2D eigenvalue weighted by atomic mass is 10.0. The van der Waals surface area contributed by atoms with Gasteiger partial charge in [-0.05, 0) is 31.1 Å². The molecule has 0 amide bonds. The zero-order chi connectivity index (χ0) is 13.8. The largest absolute Gasteiger partial charge is 0.398 e. The molecule has 0 aromatic heterocycles. The van der Waals surface area contributed by atoms with Crippen LogP contribution in [0.25, 0.3) is 5.70 Å². The SMILES string of the molecule is Cc1ccc(/C(N)=C/C(N)c2ccc(C)cc2)cc1. The van der Waals surface area contributed by atoms with E-state index >= 15 is 0 Å². The molecule has 2 rings (SSSR count). The molecule has 0 saturated carbocycles. The minimum absolute atomic E-state index is 0.179. The highest BCUT2D eigenvalue weighted by molar-refractivity contribution is 5.63. The Bertz CT molecular complexity index is 565. The second-order valence-corrected chi connectivity index (χ2v) is 4.92. The van der Waals surface area contributed by atoms with E-state index in [9.17, 15) is 0 Å². The van der Waals surface area contributed by atoms with Gasteiger partial charge >= 0.3 is 0 Å². The van der Waals surface area contributed by atoms with Crippen LogP contribution in [0.2, 0.25) is 0 Å². The summed E-state index contributed by atoms with van der Waals surface area (Å²) in [6, 6.07) is 16.2. The first kappa shape index (κ1) is 13.4. The van der Waals surface area contributed by atoms with Gasteiger partial charge in [0.15, 0.2) is 0 Å². The Morgan fingerprint density at radius 1 is 0.895 bits per heavy atom. The molecule has 1 unspecified atom stereocenters. The molecule has 2 aromatic carbocycles. The number of hydrogen-bond acceptors (Lipinski definition) is 2. The summed E-state index contributed by atoms with van der Waals surface area (Å²) in [6.07, 6.45) is 1.90. The normalized spacial score (nSPS) is 13.3. The fourth-order valence-electron chi connectivity index (χ4n) is 1.92. The van der Waals surface area contributed by atoms with Gasteiger partial charge in [0, 0.05) is 5.70 Å². The highest BCUT2D eigenvalue weighted by atomic mass is 14.6. The average molecular weight is 252 g/mol. The Hall–Kier alpha value is -2.06. The minimum Gasteiger partial charge on any atom is -0.398 e. The zero-order valence-corrected chi connectivity index (χ0v) is 11.4. The molecule has 1 atom stereocenters. The first-order valence-electron chi connectivity index (χ1n) is 6.43. The topological polar surface area (TPSA) is 52.0 Å². The van der Waals surface area contributed by atoms with Crippen molar-refractivity contribution in [2.24, 2.45) is 11.5 Å². The van der Waals surface area contributed by atoms with Crippen molar-refractivity contribution in [2.45, 2.75) is 19.9 Å². The molecule has 0 aliphatic carbocycles. The lowest BCUT2D eigenvalue weighted by molar-refractivity contribution is 0.910. The zero-order valence-electron chi connectivity index (χ0n) is 11.4. The summed E-state index contributed by atoms with van der Waals surface area (Å²) in [5.74, 6) is 0. The summed E-state index contributed by atoms with van der Waals surface area (Å²) in [7, 11) is 0. The fraction of sp³-hybridized carbons (Fsp3) is 0.176. The first-order chi connectivity index (χ1) is 9.06. The van der Waals surface area contributed by atoms with Crippen LogP contribution in [-0.4, -0.2) is 0 Å². The second kappa shape index (κ2) is 5.72. The number of hydrogen-bond donors (Lipinski definition) is 2. The van der Waals surface area contributed by atoms with E-state index in [-0.39, 0.29) is 6.04 Å². The van der Waals surface area contributed by atoms with Gasteiger partial charge in [-0.3, -0.25) is 0 Å². The van der Waals surface area contributed by atoms with Crippen molar-refractivity contribution >= 4 is 5.70 Å². The Labute approximate surface area is 114 Å². The second-order valence-electron chi connectivity index (χ2n) is 4.92. The van der Waals surface area contributed by atoms with Gasteiger partial charge in [0.05, 0.1) is 6.04 Å². The van der Waals surface area contributed by atoms with Crippen molar-refractivity contribution in [3.05, 3.63) is 76.9 Å². The molecular weight excluding hydrogens is 232 g/mol. The van der Waals surface area contributed by atoms with Crippen LogP contribution in [-0.2, 0) is 0 Å². The van der Waals surface area contributed by atoms with E-state index < -0.39 is 0 Å². The summed E-state index contributed by atoms with van der Waals surface area (Å²) >= 11 is 0. The van der Waals surface area contributed by atoms with E-state index in [0.29, 0.717) is 5.70 Å². The number of aryl methyl sites for hydroxylation is 2. The molecule has 0 fully saturated rings. The molecule has 0 spiro atoms. The van der Waals surface area contributed by atoms with Crippen molar-refractivity contribution in [3.63, 3.8) is 0 Å². The maximum atomic E-state index is 6.16. The number of nitrogens with two attached hydrogens (primary N) is 2. The smallest absolute Gasteiger partial charge is 0.0504 e. The van der Waals surface area contributed by atoms with Gasteiger partial charge in [-0.15, -0.1) is 0 Å². The molecule has 19 heavy (non-hydrogen) atoms. The van der Waals surface area contributed by atoms with E-state index in [1.54, 1.807) is 0 Å². The summed E-state index contributed by atoms with van der Waals surface area (Å²) in [5, 5.41) is 0. The predicted molar refractivity (Wildman–Crippen MR) is 81.5 cm³/mol. The molecule has 4 N–H and O–H groups in total. The van der Waals surface area contributed by atoms with Crippen molar-refractivity contribution in [1.29, 1.82) is 0 Å². The molecule has 0 saturated heterocycles. The minimum atomic E-state index is -0.179. The number of rotatable bonds is 3. The van der Waals surface area contributed by atoms with Crippen molar-refractivity contribution < 1.29 is 0 Å². The van der Waals surface area contributed by atoms with E-state index in [4.69, 9.17) is 11.5 Å². The van der Waals surface area contributed by atoms with Crippen molar-refractivity contribution in [1.82, 2.24) is 0 Å². The van der Waals surface area contributed by atoms with E-state index in [1.165, 1.54) is 11.1 Å². The van der Waals surface area contributed by atoms with Gasteiger partial charge in [0.25, 0.3) is 0 Å². The number of benzene rings is 2. The summed E-state index contributed by atoms with van der Waals surface area (Å²) in [4.78, 5) is 0. The van der Waals surface area contributed by atoms with Gasteiger partial charge in [0.2, 0.25) is 0 Å². The van der Waals surface area contributed by atoms with Crippen LogP contribution in [0.15, 0.2) is 54.6 Å². The van der Waals surface area contributed by atoms with Crippen molar-refractivity contribution in [2.75, 3.05) is 0 Å². The molecule has 0 bridgehead atoms. The van der Waals surface area contributed by atoms with Crippen LogP contribution in [0.4, 0.5) is 0 Å². The molecule has 2 nitrogen and oxygen atoms in total. The summed E-state index contributed by atoms with van der Waals surface area (Å²) in [6.45, 7) is 4.12. The molecule has 0 radical (unpaired) electrons. The average Bonchev–Trinajstić information content (AvgIpc) is 2.40. The third kappa shape index (κ3) is 3.46. The summed E-state index contributed by atoms with van der Waals surface area (Å²) in [5.41, 5.74) is 17.5. The monoisotopic (exact) mass is 252 g/mol. The standard InChI is InChI=1S/C17H20N2/c1-12-3-7-14(8-4-12)16(18)11-17(19)15-9-5-13(2)6-10-15/h3-11,16H,18-19H2,1-2H3/b17-11-. The third-order valence-corrected chi connectivity index (χ3v) is 3.21. The maximum Gasteiger partial charge on any atom is 0.0504 e. The first-order valence-corrected chi connectivity index (χ1v) is 6.43. The maximum absolute atomic E-state index is 6.16. The third-order valence-electron chi connectivity index (χ3n) is 3.21. The molecule has 2 aromatic rings. The van der Waals surface area contributed by atoms with Gasteiger partial charge < -0.3 is 11.5 Å². The highest BCUT2D eigenvalue weighted by Crippen LogP contribution is 2.17. The Morgan fingerprint density at radius 2 is 1.37 bits per heavy atom. The Morgan fingerprint density at radius 3 is 1.89 bits per heavy atom. The molecule has 0 heterocycles. The van der Waals surface area contributed by atoms with Gasteiger partial charge in [-0.1, -0.05) is 59.7 Å². The quantitative estimate of drug-likeness (QED) is 0.880. The van der Waals surface area contributed by atoms with Crippen LogP contribution in [0.5, 0.6) is 0 Å². The van der Waals surface area contributed by atoms with Crippen molar-refractivity contribution in [3.8, 4) is 0 Å². The fourth-order valence-corrected chi connectivity index (χ4v) is 1.92. The highest BCUT2D eigenvalue weighted by Gasteiger charge is 2.04. The van der Waals surface area contributed by atoms with E-state index in [1.807, 2.05) is 42.5 Å². The summed E-state index contributed by atoms with van der Waals surface area (Å²) < 4.78 is 0. The van der Waals surface area contributed by atoms with E-state index in [0.717, 1.165) is 11.1 Å². The van der Waals surface area contributed by atoms with E-state index in [2.05, 4.69) is 26.0 Å². The predicted octanol–water partition coefficient (Wildman–Crippen LogP) is 3.30. The lowest BCUT2D eigenvalue weighted by Gasteiger charge is -2.10. The molecule has 2 heteroatoms. The molecular formula is C17H20N2. The van der Waals surface area contributed by atoms with Crippen LogP contribution < -0.4 is 11.5 Å². The van der Waals surface area contributed by atoms with Gasteiger partial charge in [0.1, 0.15) is 0 Å². The van der Waals surface area contributed by atoms with Crippen LogP contribution in [0.1, 0.15) is 28.3 Å². The van der Waals surface area contributed by atoms with Gasteiger partial charge in [-0.25, -0.2) is 0 Å². The Kier molecular flexibility index (Phi) is 4.03. The molecule has 98 valence electrons. The van der Waals surface area contributed by atoms with Gasteiger partial charge in [-0.2, -0.15) is 0 Å².